The van der Waals surface area contributed by atoms with Gasteiger partial charge >= 0.3 is 0 Å². The Bertz CT molecular complexity index is 345. The normalized spacial score (nSPS) is 12.2. The Balaban J connectivity index is 3.04. The number of hydrogen-bond donors (Lipinski definition) is 1. The van der Waals surface area contributed by atoms with E-state index in [-0.39, 0.29) is 0 Å². The minimum Gasteiger partial charge on any atom is -0.369 e. The highest BCUT2D eigenvalue weighted by molar-refractivity contribution is 5.61. The third-order valence-corrected chi connectivity index (χ3v) is 1.62. The van der Waals surface area contributed by atoms with E-state index in [0.29, 0.717) is 5.95 Å². The fourth-order valence-corrected chi connectivity index (χ4v) is 0.975. The summed E-state index contributed by atoms with van der Waals surface area (Å²) >= 11 is 0. The number of allylic oxidation sites excluding steroid dienone is 5. The first kappa shape index (κ1) is 9.32. The van der Waals surface area contributed by atoms with Crippen molar-refractivity contribution in [1.82, 2.24) is 9.55 Å². The number of imidazole rings is 1. The number of anilines is 1. The van der Waals surface area contributed by atoms with Gasteiger partial charge in [0.2, 0.25) is 5.95 Å². The van der Waals surface area contributed by atoms with Crippen LogP contribution >= 0.6 is 0 Å². The molecule has 3 nitrogen and oxygen atoms in total. The van der Waals surface area contributed by atoms with Gasteiger partial charge in [0, 0.05) is 18.1 Å². The topological polar surface area (TPSA) is 43.8 Å². The first-order valence-corrected chi connectivity index (χ1v) is 4.04. The van der Waals surface area contributed by atoms with Crippen molar-refractivity contribution >= 4 is 11.6 Å². The standard InChI is InChI=1S/C10H13N3/c1-3-5-6-9(4-2)13-8-7-12-10(13)11/h3-8H,2H2,1H3,(H2,11,12)/b5-3-,9-6+. The van der Waals surface area contributed by atoms with Crippen molar-refractivity contribution in [2.24, 2.45) is 0 Å². The summed E-state index contributed by atoms with van der Waals surface area (Å²) in [5.41, 5.74) is 6.54. The summed E-state index contributed by atoms with van der Waals surface area (Å²) in [6.45, 7) is 5.66. The van der Waals surface area contributed by atoms with E-state index in [9.17, 15) is 0 Å². The van der Waals surface area contributed by atoms with E-state index in [2.05, 4.69) is 11.6 Å². The van der Waals surface area contributed by atoms with Crippen LogP contribution in [0.15, 0.2) is 43.3 Å². The monoisotopic (exact) mass is 175 g/mol. The summed E-state index contributed by atoms with van der Waals surface area (Å²) in [5, 5.41) is 0. The Morgan fingerprint density at radius 2 is 2.46 bits per heavy atom. The molecule has 1 heterocycles. The summed E-state index contributed by atoms with van der Waals surface area (Å²) in [6.07, 6.45) is 11.0. The van der Waals surface area contributed by atoms with Crippen LogP contribution in [-0.2, 0) is 0 Å². The van der Waals surface area contributed by atoms with Gasteiger partial charge in [-0.3, -0.25) is 4.57 Å². The molecule has 0 saturated carbocycles. The number of rotatable bonds is 3. The maximum atomic E-state index is 5.63. The van der Waals surface area contributed by atoms with Gasteiger partial charge < -0.3 is 5.73 Å². The van der Waals surface area contributed by atoms with Crippen LogP contribution in [0.3, 0.4) is 0 Å². The Morgan fingerprint density at radius 1 is 1.69 bits per heavy atom. The highest BCUT2D eigenvalue weighted by atomic mass is 15.1. The minimum absolute atomic E-state index is 0.468. The predicted octanol–water partition coefficient (Wildman–Crippen LogP) is 2.07. The molecule has 0 spiro atoms. The maximum absolute atomic E-state index is 5.63. The molecule has 0 fully saturated rings. The van der Waals surface area contributed by atoms with Gasteiger partial charge in [-0.2, -0.15) is 0 Å². The zero-order valence-electron chi connectivity index (χ0n) is 7.64. The number of nitrogens with two attached hydrogens (primary N) is 1. The van der Waals surface area contributed by atoms with Crippen LogP contribution in [0.4, 0.5) is 5.95 Å². The summed E-state index contributed by atoms with van der Waals surface area (Å²) in [6, 6.07) is 0. The first-order chi connectivity index (χ1) is 6.29. The molecule has 0 unspecified atom stereocenters. The molecule has 0 aliphatic rings. The largest absolute Gasteiger partial charge is 0.369 e. The lowest BCUT2D eigenvalue weighted by molar-refractivity contribution is 1.12. The number of hydrogen-bond acceptors (Lipinski definition) is 2. The zero-order chi connectivity index (χ0) is 9.68. The summed E-state index contributed by atoms with van der Waals surface area (Å²) < 4.78 is 1.77. The van der Waals surface area contributed by atoms with E-state index >= 15 is 0 Å². The lowest BCUT2D eigenvalue weighted by Gasteiger charge is -2.03. The first-order valence-electron chi connectivity index (χ1n) is 4.04. The van der Waals surface area contributed by atoms with E-state index < -0.39 is 0 Å². The quantitative estimate of drug-likeness (QED) is 0.715. The minimum atomic E-state index is 0.468. The highest BCUT2D eigenvalue weighted by Gasteiger charge is 1.98. The van der Waals surface area contributed by atoms with E-state index in [4.69, 9.17) is 5.73 Å². The van der Waals surface area contributed by atoms with Gasteiger partial charge in [0.05, 0.1) is 0 Å². The Morgan fingerprint density at radius 3 is 2.92 bits per heavy atom. The molecule has 0 amide bonds. The van der Waals surface area contributed by atoms with Gasteiger partial charge in [0.15, 0.2) is 0 Å². The lowest BCUT2D eigenvalue weighted by Crippen LogP contribution is -1.99. The van der Waals surface area contributed by atoms with Crippen LogP contribution in [-0.4, -0.2) is 9.55 Å². The molecule has 0 aromatic carbocycles. The molecule has 3 heteroatoms. The highest BCUT2D eigenvalue weighted by Crippen LogP contribution is 2.10. The van der Waals surface area contributed by atoms with Crippen molar-refractivity contribution in [3.8, 4) is 0 Å². The van der Waals surface area contributed by atoms with Crippen LogP contribution in [0.1, 0.15) is 6.92 Å². The second-order valence-electron chi connectivity index (χ2n) is 2.48. The molecule has 1 aromatic rings. The third-order valence-electron chi connectivity index (χ3n) is 1.62. The molecule has 2 N–H and O–H groups in total. The maximum Gasteiger partial charge on any atom is 0.204 e. The van der Waals surface area contributed by atoms with Crippen LogP contribution in [0, 0.1) is 0 Å². The summed E-state index contributed by atoms with van der Waals surface area (Å²) in [5.74, 6) is 0.468. The molecule has 1 aromatic heterocycles. The summed E-state index contributed by atoms with van der Waals surface area (Å²) in [7, 11) is 0. The number of nitrogen functional groups attached to an aromatic ring is 1. The van der Waals surface area contributed by atoms with E-state index in [1.165, 1.54) is 0 Å². The van der Waals surface area contributed by atoms with Gasteiger partial charge in [-0.15, -0.1) is 0 Å². The Kier molecular flexibility index (Phi) is 3.09. The van der Waals surface area contributed by atoms with Crippen molar-refractivity contribution < 1.29 is 0 Å². The lowest BCUT2D eigenvalue weighted by atomic mass is 10.3. The SMILES string of the molecule is C=C/C(=C\C=C/C)n1ccnc1N. The fraction of sp³-hybridized carbons (Fsp3) is 0.100. The van der Waals surface area contributed by atoms with Gasteiger partial charge in [-0.05, 0) is 19.1 Å². The second-order valence-corrected chi connectivity index (χ2v) is 2.48. The van der Waals surface area contributed by atoms with Gasteiger partial charge in [-0.1, -0.05) is 18.7 Å². The third kappa shape index (κ3) is 2.08. The molecule has 0 atom stereocenters. The van der Waals surface area contributed by atoms with Crippen molar-refractivity contribution in [1.29, 1.82) is 0 Å². The predicted molar refractivity (Wildman–Crippen MR) is 55.9 cm³/mol. The number of aromatic nitrogens is 2. The molecule has 0 radical (unpaired) electrons. The fourth-order valence-electron chi connectivity index (χ4n) is 0.975. The van der Waals surface area contributed by atoms with Crippen molar-refractivity contribution in [2.75, 3.05) is 5.73 Å². The molecular weight excluding hydrogens is 162 g/mol. The molecule has 0 aliphatic carbocycles. The molecular formula is C10H13N3. The molecule has 0 bridgehead atoms. The molecule has 68 valence electrons. The van der Waals surface area contributed by atoms with Gasteiger partial charge in [0.1, 0.15) is 0 Å². The summed E-state index contributed by atoms with van der Waals surface area (Å²) in [4.78, 5) is 3.92. The second kappa shape index (κ2) is 4.30. The van der Waals surface area contributed by atoms with Gasteiger partial charge in [0.25, 0.3) is 0 Å². The molecule has 0 saturated heterocycles. The number of nitrogens with zero attached hydrogens (tertiary/aromatic N) is 2. The molecule has 1 rings (SSSR count). The Labute approximate surface area is 77.9 Å². The zero-order valence-corrected chi connectivity index (χ0v) is 7.64. The van der Waals surface area contributed by atoms with Crippen LogP contribution in [0.5, 0.6) is 0 Å². The Hall–Kier alpha value is -1.77. The average Bonchev–Trinajstić information content (AvgIpc) is 2.54. The van der Waals surface area contributed by atoms with Gasteiger partial charge in [-0.25, -0.2) is 4.98 Å². The van der Waals surface area contributed by atoms with Crippen LogP contribution in [0.2, 0.25) is 0 Å². The van der Waals surface area contributed by atoms with E-state index in [0.717, 1.165) is 5.70 Å². The average molecular weight is 175 g/mol. The van der Waals surface area contributed by atoms with Crippen molar-refractivity contribution in [2.45, 2.75) is 6.92 Å². The molecule has 13 heavy (non-hydrogen) atoms. The van der Waals surface area contributed by atoms with E-state index in [1.807, 2.05) is 25.2 Å². The van der Waals surface area contributed by atoms with E-state index in [1.54, 1.807) is 23.0 Å². The van der Waals surface area contributed by atoms with Crippen LogP contribution in [0.25, 0.3) is 5.70 Å². The van der Waals surface area contributed by atoms with Crippen molar-refractivity contribution in [3.05, 3.63) is 43.3 Å². The van der Waals surface area contributed by atoms with Crippen molar-refractivity contribution in [3.63, 3.8) is 0 Å². The van der Waals surface area contributed by atoms with Crippen LogP contribution < -0.4 is 5.73 Å². The smallest absolute Gasteiger partial charge is 0.204 e. The molecule has 0 aliphatic heterocycles.